The minimum atomic E-state index is -0.202. The van der Waals surface area contributed by atoms with Gasteiger partial charge in [-0.05, 0) is 0 Å². The Morgan fingerprint density at radius 3 is 2.15 bits per heavy atom. The summed E-state index contributed by atoms with van der Waals surface area (Å²) in [5.74, 6) is 0.114. The van der Waals surface area contributed by atoms with Crippen molar-refractivity contribution in [2.24, 2.45) is 5.92 Å². The quantitative estimate of drug-likeness (QED) is 0.599. The Bertz CT molecular complexity index is 208. The molecule has 4 heteroatoms. The van der Waals surface area contributed by atoms with Crippen LogP contribution in [0.25, 0.3) is 0 Å². The summed E-state index contributed by atoms with van der Waals surface area (Å²) in [6.45, 7) is 5.43. The average molecular weight is 267 g/mol. The van der Waals surface area contributed by atoms with Gasteiger partial charge in [0.25, 0.3) is 0 Å². The second kappa shape index (κ2) is 5.18. The van der Waals surface area contributed by atoms with E-state index >= 15 is 0 Å². The van der Waals surface area contributed by atoms with Crippen LogP contribution in [0.1, 0.15) is 27.2 Å². The number of carbonyl (C=O) groups is 2. The molecule has 2 nitrogen and oxygen atoms in total. The van der Waals surface area contributed by atoms with Crippen molar-refractivity contribution in [1.29, 1.82) is 0 Å². The molecule has 0 aliphatic heterocycles. The predicted octanol–water partition coefficient (Wildman–Crippen LogP) is 1.18. The van der Waals surface area contributed by atoms with Crippen LogP contribution in [-0.2, 0) is 9.59 Å². The molecule has 0 aliphatic rings. The third kappa shape index (κ3) is 4.84. The normalized spacial score (nSPS) is 13.9. The third-order valence-electron chi connectivity index (χ3n) is 1.95. The zero-order chi connectivity index (χ0) is 10.6. The van der Waals surface area contributed by atoms with Gasteiger partial charge >= 0.3 is 93.0 Å². The van der Waals surface area contributed by atoms with E-state index in [0.29, 0.717) is 6.42 Å². The monoisotopic (exact) mass is 268 g/mol. The van der Waals surface area contributed by atoms with Gasteiger partial charge in [-0.15, -0.1) is 0 Å². The summed E-state index contributed by atoms with van der Waals surface area (Å²) >= 11 is 6.34. The van der Waals surface area contributed by atoms with Gasteiger partial charge < -0.3 is 0 Å². The molecule has 0 heterocycles. The molecule has 0 bridgehead atoms. The van der Waals surface area contributed by atoms with Crippen molar-refractivity contribution >= 4 is 40.2 Å². The van der Waals surface area contributed by atoms with Crippen LogP contribution in [0, 0.1) is 5.92 Å². The maximum absolute atomic E-state index is 11.3. The van der Waals surface area contributed by atoms with Gasteiger partial charge in [0.05, 0.1) is 0 Å². The first-order valence-corrected chi connectivity index (χ1v) is 5.71. The van der Waals surface area contributed by atoms with Gasteiger partial charge in [-0.3, -0.25) is 0 Å². The van der Waals surface area contributed by atoms with E-state index < -0.39 is 0 Å². The van der Waals surface area contributed by atoms with Crippen LogP contribution < -0.4 is 0 Å². The Morgan fingerprint density at radius 1 is 1.46 bits per heavy atom. The third-order valence-corrected chi connectivity index (χ3v) is 2.96. The average Bonchev–Trinajstić information content (AvgIpc) is 1.96. The molecule has 0 fully saturated rings. The molecule has 0 aliphatic carbocycles. The van der Waals surface area contributed by atoms with Crippen molar-refractivity contribution in [3.63, 3.8) is 0 Å². The molecule has 1 unspecified atom stereocenters. The van der Waals surface area contributed by atoms with Crippen molar-refractivity contribution in [1.82, 2.24) is 0 Å². The molecule has 0 aromatic rings. The summed E-state index contributed by atoms with van der Waals surface area (Å²) in [5.41, 5.74) is 0. The fraction of sp³-hybridized carbons (Fsp3) is 0.778. The second-order valence-corrected chi connectivity index (χ2v) is 6.45. The standard InChI is InChI=1S/C9H16O2SSe/c1-6(10)8(9(2,3)13)4-7(11)5-12/h8,12-13H,4-5H2,1-3H3. The van der Waals surface area contributed by atoms with E-state index in [1.165, 1.54) is 6.92 Å². The van der Waals surface area contributed by atoms with Crippen molar-refractivity contribution < 1.29 is 9.59 Å². The number of rotatable bonds is 5. The molecule has 0 rings (SSSR count). The van der Waals surface area contributed by atoms with Gasteiger partial charge in [-0.1, -0.05) is 0 Å². The first kappa shape index (κ1) is 13.2. The van der Waals surface area contributed by atoms with Crippen LogP contribution >= 0.6 is 12.6 Å². The molecular weight excluding hydrogens is 251 g/mol. The molecule has 13 heavy (non-hydrogen) atoms. The first-order chi connectivity index (χ1) is 5.79. The molecule has 76 valence electrons. The molecular formula is C9H16O2SSe. The van der Waals surface area contributed by atoms with Gasteiger partial charge in [0.1, 0.15) is 0 Å². The number of thiol groups is 1. The van der Waals surface area contributed by atoms with E-state index in [0.717, 1.165) is 0 Å². The zero-order valence-corrected chi connectivity index (χ0v) is 11.0. The van der Waals surface area contributed by atoms with Gasteiger partial charge in [-0.2, -0.15) is 0 Å². The predicted molar refractivity (Wildman–Crippen MR) is 58.8 cm³/mol. The van der Waals surface area contributed by atoms with Crippen molar-refractivity contribution in [3.8, 4) is 0 Å². The fourth-order valence-corrected chi connectivity index (χ4v) is 1.89. The molecule has 0 saturated carbocycles. The van der Waals surface area contributed by atoms with E-state index in [4.69, 9.17) is 0 Å². The Labute approximate surface area is 93.1 Å². The van der Waals surface area contributed by atoms with E-state index in [1.54, 1.807) is 0 Å². The number of ketones is 2. The van der Waals surface area contributed by atoms with Crippen LogP contribution in [0.15, 0.2) is 0 Å². The summed E-state index contributed by atoms with van der Waals surface area (Å²) in [6, 6.07) is 0. The molecule has 0 N–H and O–H groups in total. The minimum absolute atomic E-state index is 0.0302. The zero-order valence-electron chi connectivity index (χ0n) is 8.20. The Kier molecular flexibility index (Phi) is 5.26. The molecule has 0 radical (unpaired) electrons. The second-order valence-electron chi connectivity index (χ2n) is 3.72. The number of Topliss-reactive ketones (excluding diaryl/α,β-unsaturated/α-hetero) is 2. The van der Waals surface area contributed by atoms with Crippen LogP contribution in [0.4, 0.5) is 0 Å². The van der Waals surface area contributed by atoms with Gasteiger partial charge in [0.2, 0.25) is 0 Å². The van der Waals surface area contributed by atoms with Crippen LogP contribution in [0.3, 0.4) is 0 Å². The van der Waals surface area contributed by atoms with Gasteiger partial charge in [0, 0.05) is 0 Å². The molecule has 0 saturated heterocycles. The van der Waals surface area contributed by atoms with E-state index in [1.807, 2.05) is 13.8 Å². The van der Waals surface area contributed by atoms with Crippen molar-refractivity contribution in [3.05, 3.63) is 0 Å². The summed E-state index contributed by atoms with van der Waals surface area (Å²) < 4.78 is -0.197. The van der Waals surface area contributed by atoms with E-state index in [-0.39, 0.29) is 27.6 Å². The summed E-state index contributed by atoms with van der Waals surface area (Å²) in [5, 5.41) is 0. The molecule has 0 amide bonds. The Morgan fingerprint density at radius 2 is 1.92 bits per heavy atom. The molecule has 0 aromatic carbocycles. The first-order valence-electron chi connectivity index (χ1n) is 4.14. The topological polar surface area (TPSA) is 34.1 Å². The van der Waals surface area contributed by atoms with Crippen molar-refractivity contribution in [2.75, 3.05) is 5.75 Å². The van der Waals surface area contributed by atoms with Crippen LogP contribution in [0.5, 0.6) is 0 Å². The van der Waals surface area contributed by atoms with E-state index in [9.17, 15) is 9.59 Å². The molecule has 1 atom stereocenters. The van der Waals surface area contributed by atoms with Gasteiger partial charge in [0.15, 0.2) is 0 Å². The summed E-state index contributed by atoms with van der Waals surface area (Å²) in [6.07, 6.45) is 0.306. The summed E-state index contributed by atoms with van der Waals surface area (Å²) in [4.78, 5) is 22.4. The maximum atomic E-state index is 11.3. The number of hydrogen-bond donors (Lipinski definition) is 1. The Hall–Kier alpha value is 0.209. The summed E-state index contributed by atoms with van der Waals surface area (Å²) in [7, 11) is 0. The fourth-order valence-electron chi connectivity index (χ4n) is 1.18. The van der Waals surface area contributed by atoms with Gasteiger partial charge in [-0.25, -0.2) is 0 Å². The van der Waals surface area contributed by atoms with Crippen LogP contribution in [-0.4, -0.2) is 33.3 Å². The molecule has 0 aromatic heterocycles. The number of carbonyl (C=O) groups excluding carboxylic acids is 2. The van der Waals surface area contributed by atoms with Crippen molar-refractivity contribution in [2.45, 2.75) is 31.5 Å². The van der Waals surface area contributed by atoms with Crippen LogP contribution in [0.2, 0.25) is 4.31 Å². The Balaban J connectivity index is 4.46. The SMILES string of the molecule is CC(=O)C(CC(=O)CS)C(C)(C)[SeH]. The van der Waals surface area contributed by atoms with E-state index in [2.05, 4.69) is 28.6 Å². The molecule has 0 spiro atoms. The number of hydrogen-bond acceptors (Lipinski definition) is 3.